The molecule has 1 heteroatoms. The van der Waals surface area contributed by atoms with Gasteiger partial charge in [0.05, 0.1) is 0 Å². The number of carbonyl (C=O) groups is 1. The van der Waals surface area contributed by atoms with Crippen molar-refractivity contribution in [3.63, 3.8) is 0 Å². The van der Waals surface area contributed by atoms with Gasteiger partial charge < -0.3 is 4.79 Å². The van der Waals surface area contributed by atoms with Gasteiger partial charge in [0.15, 0.2) is 0 Å². The molecule has 1 atom stereocenters. The molecule has 0 N–H and O–H groups in total. The van der Waals surface area contributed by atoms with Crippen LogP contribution in [0.25, 0.3) is 0 Å². The number of benzene rings is 1. The lowest BCUT2D eigenvalue weighted by Gasteiger charge is -2.16. The molecule has 0 aromatic heterocycles. The lowest BCUT2D eigenvalue weighted by Crippen LogP contribution is -2.06. The van der Waals surface area contributed by atoms with Gasteiger partial charge in [0.2, 0.25) is 0 Å². The van der Waals surface area contributed by atoms with Gasteiger partial charge in [-0.2, -0.15) is 0 Å². The summed E-state index contributed by atoms with van der Waals surface area (Å²) in [5, 5.41) is 0. The molecule has 0 saturated heterocycles. The van der Waals surface area contributed by atoms with E-state index in [1.54, 1.807) is 0 Å². The van der Waals surface area contributed by atoms with Crippen LogP contribution in [0.4, 0.5) is 0 Å². The number of carbonyl (C=O) groups excluding carboxylic acids is 1. The Balaban J connectivity index is 3.20. The summed E-state index contributed by atoms with van der Waals surface area (Å²) in [5.41, 5.74) is 6.68. The van der Waals surface area contributed by atoms with Crippen molar-refractivity contribution in [2.75, 3.05) is 0 Å². The van der Waals surface area contributed by atoms with Crippen LogP contribution in [0.15, 0.2) is 6.07 Å². The van der Waals surface area contributed by atoms with Crippen LogP contribution < -0.4 is 0 Å². The Morgan fingerprint density at radius 2 is 1.60 bits per heavy atom. The second kappa shape index (κ2) is 4.61. The molecule has 15 heavy (non-hydrogen) atoms. The first kappa shape index (κ1) is 12.0. The smallest absolute Gasteiger partial charge is 0.123 e. The van der Waals surface area contributed by atoms with Gasteiger partial charge in [0.1, 0.15) is 6.29 Å². The number of aldehydes is 1. The predicted octanol–water partition coefficient (Wildman–Crippen LogP) is 3.30. The minimum Gasteiger partial charge on any atom is -0.303 e. The van der Waals surface area contributed by atoms with Crippen LogP contribution in [0.1, 0.15) is 34.7 Å². The van der Waals surface area contributed by atoms with Crippen LogP contribution in [-0.2, 0) is 11.2 Å². The summed E-state index contributed by atoms with van der Waals surface area (Å²) in [7, 11) is 0. The van der Waals surface area contributed by atoms with Crippen LogP contribution in [0.3, 0.4) is 0 Å². The molecule has 1 unspecified atom stereocenters. The summed E-state index contributed by atoms with van der Waals surface area (Å²) in [6.07, 6.45) is 1.90. The van der Waals surface area contributed by atoms with Gasteiger partial charge in [0, 0.05) is 5.92 Å². The summed E-state index contributed by atoms with van der Waals surface area (Å²) in [5.74, 6) is 0.114. The summed E-state index contributed by atoms with van der Waals surface area (Å²) < 4.78 is 0. The van der Waals surface area contributed by atoms with Gasteiger partial charge in [-0.1, -0.05) is 13.0 Å². The average Bonchev–Trinajstić information content (AvgIpc) is 2.21. The van der Waals surface area contributed by atoms with Crippen LogP contribution in [0.2, 0.25) is 0 Å². The zero-order chi connectivity index (χ0) is 11.6. The number of hydrogen-bond acceptors (Lipinski definition) is 1. The molecule has 0 aliphatic rings. The van der Waals surface area contributed by atoms with Crippen molar-refractivity contribution < 1.29 is 4.79 Å². The van der Waals surface area contributed by atoms with Crippen molar-refractivity contribution >= 4 is 6.29 Å². The second-order valence-corrected chi connectivity index (χ2v) is 4.56. The highest BCUT2D eigenvalue weighted by atomic mass is 16.1. The fraction of sp³-hybridized carbons (Fsp3) is 0.500. The van der Waals surface area contributed by atoms with E-state index in [2.05, 4.69) is 33.8 Å². The fourth-order valence-corrected chi connectivity index (χ4v) is 1.97. The first-order valence-corrected chi connectivity index (χ1v) is 5.49. The van der Waals surface area contributed by atoms with Crippen molar-refractivity contribution in [1.29, 1.82) is 0 Å². The minimum absolute atomic E-state index is 0.114. The van der Waals surface area contributed by atoms with E-state index in [1.807, 2.05) is 6.92 Å². The molecular formula is C14H20O. The zero-order valence-electron chi connectivity index (χ0n) is 10.3. The Hall–Kier alpha value is -1.11. The number of hydrogen-bond donors (Lipinski definition) is 0. The minimum atomic E-state index is 0.114. The third kappa shape index (κ3) is 2.47. The normalized spacial score (nSPS) is 12.6. The van der Waals surface area contributed by atoms with Crippen molar-refractivity contribution in [2.24, 2.45) is 5.92 Å². The van der Waals surface area contributed by atoms with Crippen LogP contribution in [-0.4, -0.2) is 6.29 Å². The van der Waals surface area contributed by atoms with Gasteiger partial charge >= 0.3 is 0 Å². The van der Waals surface area contributed by atoms with E-state index < -0.39 is 0 Å². The summed E-state index contributed by atoms with van der Waals surface area (Å²) in [6.45, 7) is 10.5. The van der Waals surface area contributed by atoms with Crippen molar-refractivity contribution in [3.8, 4) is 0 Å². The Morgan fingerprint density at radius 3 is 2.00 bits per heavy atom. The number of aryl methyl sites for hydroxylation is 2. The van der Waals surface area contributed by atoms with Gasteiger partial charge in [0.25, 0.3) is 0 Å². The van der Waals surface area contributed by atoms with Gasteiger partial charge in [-0.05, 0) is 61.9 Å². The zero-order valence-corrected chi connectivity index (χ0v) is 10.3. The van der Waals surface area contributed by atoms with Crippen LogP contribution in [0, 0.1) is 33.6 Å². The summed E-state index contributed by atoms with van der Waals surface area (Å²) >= 11 is 0. The van der Waals surface area contributed by atoms with E-state index in [0.29, 0.717) is 0 Å². The standard InChI is InChI=1S/C14H20O/c1-9(8-15)6-14-12(4)10(2)7-11(3)13(14)5/h7-9H,6H2,1-5H3. The van der Waals surface area contributed by atoms with E-state index in [9.17, 15) is 4.79 Å². The van der Waals surface area contributed by atoms with E-state index in [1.165, 1.54) is 27.8 Å². The highest BCUT2D eigenvalue weighted by Crippen LogP contribution is 2.23. The topological polar surface area (TPSA) is 17.1 Å². The number of rotatable bonds is 3. The molecule has 0 aliphatic carbocycles. The van der Waals surface area contributed by atoms with Crippen molar-refractivity contribution in [3.05, 3.63) is 33.9 Å². The first-order valence-electron chi connectivity index (χ1n) is 5.49. The Labute approximate surface area is 92.5 Å². The molecule has 82 valence electrons. The molecule has 0 aliphatic heterocycles. The molecule has 1 rings (SSSR count). The molecule has 1 nitrogen and oxygen atoms in total. The highest BCUT2D eigenvalue weighted by molar-refractivity contribution is 5.55. The molecule has 0 saturated carbocycles. The third-order valence-corrected chi connectivity index (χ3v) is 3.28. The van der Waals surface area contributed by atoms with E-state index in [0.717, 1.165) is 12.7 Å². The molecule has 0 bridgehead atoms. The first-order chi connectivity index (χ1) is 6.97. The quantitative estimate of drug-likeness (QED) is 0.690. The van der Waals surface area contributed by atoms with Gasteiger partial charge in [-0.15, -0.1) is 0 Å². The van der Waals surface area contributed by atoms with Crippen molar-refractivity contribution in [2.45, 2.75) is 41.0 Å². The SMILES string of the molecule is Cc1cc(C)c(C)c(CC(C)C=O)c1C. The maximum atomic E-state index is 10.7. The van der Waals surface area contributed by atoms with Crippen molar-refractivity contribution in [1.82, 2.24) is 0 Å². The third-order valence-electron chi connectivity index (χ3n) is 3.28. The fourth-order valence-electron chi connectivity index (χ4n) is 1.97. The van der Waals surface area contributed by atoms with Gasteiger partial charge in [-0.3, -0.25) is 0 Å². The lowest BCUT2D eigenvalue weighted by atomic mass is 9.89. The molecule has 0 amide bonds. The Kier molecular flexibility index (Phi) is 3.67. The Bertz CT molecular complexity index is 351. The lowest BCUT2D eigenvalue weighted by molar-refractivity contribution is -0.110. The van der Waals surface area contributed by atoms with Gasteiger partial charge in [-0.25, -0.2) is 0 Å². The summed E-state index contributed by atoms with van der Waals surface area (Å²) in [6, 6.07) is 2.22. The van der Waals surface area contributed by atoms with E-state index in [-0.39, 0.29) is 5.92 Å². The largest absolute Gasteiger partial charge is 0.303 e. The molecule has 1 aromatic carbocycles. The molecule has 0 heterocycles. The van der Waals surface area contributed by atoms with Crippen LogP contribution >= 0.6 is 0 Å². The molecule has 1 aromatic rings. The second-order valence-electron chi connectivity index (χ2n) is 4.56. The molecule has 0 fully saturated rings. The maximum absolute atomic E-state index is 10.7. The monoisotopic (exact) mass is 204 g/mol. The average molecular weight is 204 g/mol. The van der Waals surface area contributed by atoms with E-state index in [4.69, 9.17) is 0 Å². The Morgan fingerprint density at radius 1 is 1.13 bits per heavy atom. The summed E-state index contributed by atoms with van der Waals surface area (Å²) in [4.78, 5) is 10.7. The maximum Gasteiger partial charge on any atom is 0.123 e. The predicted molar refractivity (Wildman–Crippen MR) is 64.3 cm³/mol. The highest BCUT2D eigenvalue weighted by Gasteiger charge is 2.11. The van der Waals surface area contributed by atoms with Crippen LogP contribution in [0.5, 0.6) is 0 Å². The molecular weight excluding hydrogens is 184 g/mol. The molecule has 0 radical (unpaired) electrons. The molecule has 0 spiro atoms. The van der Waals surface area contributed by atoms with E-state index >= 15 is 0 Å².